The van der Waals surface area contributed by atoms with Crippen LogP contribution in [0.5, 0.6) is 0 Å². The van der Waals surface area contributed by atoms with Gasteiger partial charge in [0, 0.05) is 4.28 Å². The molecule has 110 valence electrons. The van der Waals surface area contributed by atoms with Crippen LogP contribution in [0.1, 0.15) is 104 Å². The van der Waals surface area contributed by atoms with Gasteiger partial charge < -0.3 is 0 Å². The lowest BCUT2D eigenvalue weighted by Gasteiger charge is -1.79. The summed E-state index contributed by atoms with van der Waals surface area (Å²) in [7, 11) is 0. The normalized spacial score (nSPS) is 3.00. The molecule has 0 N–H and O–H groups in total. The minimum atomic E-state index is 0. The first kappa shape index (κ1) is 148. The van der Waals surface area contributed by atoms with Crippen LogP contribution in [0.3, 0.4) is 0 Å². The summed E-state index contributed by atoms with van der Waals surface area (Å²) in [6, 6.07) is 0. The van der Waals surface area contributed by atoms with Gasteiger partial charge in [0.2, 0.25) is 0 Å². The molecule has 0 heteroatoms. The molecule has 0 atom stereocenters. The molecule has 0 aliphatic carbocycles. The number of unbranched alkanes of at least 4 members (excludes halogenated alkanes) is 2. The van der Waals surface area contributed by atoms with Crippen molar-refractivity contribution in [3.63, 3.8) is 0 Å². The average Bonchev–Trinajstić information content (AvgIpc) is 1.41. The Balaban J connectivity index is -0.00000000121. The smallest absolute Gasteiger partial charge is 0 e. The van der Waals surface area contributed by atoms with E-state index < -0.39 is 0 Å². The number of hydrogen-bond acceptors (Lipinski definition) is 0. The molecule has 0 amide bonds. The Morgan fingerprint density at radius 2 is 0.643 bits per heavy atom. The summed E-state index contributed by atoms with van der Waals surface area (Å²) in [4.78, 5) is 0. The predicted octanol–water partition coefficient (Wildman–Crippen LogP) is 8.66. The highest BCUT2D eigenvalue weighted by Gasteiger charge is 1.68. The first-order chi connectivity index (χ1) is 2.41. The molecule has 0 aliphatic heterocycles. The molecular weight excluding hydrogens is 168 g/mol. The van der Waals surface area contributed by atoms with Crippen molar-refractivity contribution < 1.29 is 4.28 Å². The first-order valence-corrected chi connectivity index (χ1v) is 2.41. The largest absolute Gasteiger partial charge is 0.0776 e. The van der Waals surface area contributed by atoms with Gasteiger partial charge in [-0.15, -0.1) is 0 Å². The van der Waals surface area contributed by atoms with Gasteiger partial charge in [0.1, 0.15) is 0 Å². The average molecular weight is 223 g/mol. The Kier molecular flexibility index (Phi) is 2200. The lowest BCUT2D eigenvalue weighted by Crippen LogP contribution is -1.59. The molecule has 0 nitrogen and oxygen atoms in total. The van der Waals surface area contributed by atoms with Crippen molar-refractivity contribution in [3.8, 4) is 0 Å². The van der Waals surface area contributed by atoms with Gasteiger partial charge in [-0.2, -0.15) is 0 Å². The fourth-order valence-electron chi connectivity index (χ4n) is 0.354. The summed E-state index contributed by atoms with van der Waals surface area (Å²) in [5.74, 6) is 0. The van der Waals surface area contributed by atoms with Gasteiger partial charge >= 0.3 is 0 Å². The van der Waals surface area contributed by atoms with Gasteiger partial charge in [0.05, 0.1) is 0 Å². The van der Waals surface area contributed by atoms with Crippen molar-refractivity contribution in [2.45, 2.75) is 99.9 Å². The Morgan fingerprint density at radius 1 is 0.500 bits per heavy atom. The summed E-state index contributed by atoms with van der Waals surface area (Å²) < 4.78 is 0. The van der Waals surface area contributed by atoms with Gasteiger partial charge in [0.25, 0.3) is 0 Å². The molecule has 0 aromatic heterocycles. The molecule has 0 bridgehead atoms. The van der Waals surface area contributed by atoms with Crippen molar-refractivity contribution in [1.29, 1.82) is 0 Å². The second-order valence-electron chi connectivity index (χ2n) is 1.35. The highest BCUT2D eigenvalue weighted by Crippen LogP contribution is 1.88. The lowest BCUT2D eigenvalue weighted by molar-refractivity contribution is 0.772. The van der Waals surface area contributed by atoms with Gasteiger partial charge in [-0.1, -0.05) is 99.9 Å². The van der Waals surface area contributed by atoms with E-state index in [9.17, 15) is 0 Å². The van der Waals surface area contributed by atoms with Crippen LogP contribution in [0.15, 0.2) is 0 Å². The van der Waals surface area contributed by atoms with Crippen molar-refractivity contribution in [2.75, 3.05) is 0 Å². The molecule has 0 aromatic carbocycles. The van der Waals surface area contributed by atoms with E-state index in [1.165, 1.54) is 19.3 Å². The monoisotopic (exact) mass is 222 g/mol. The fraction of sp³-hybridized carbons (Fsp3) is 1.00. The van der Waals surface area contributed by atoms with Gasteiger partial charge in [0.15, 0.2) is 0 Å². The number of rotatable bonds is 2. The van der Waals surface area contributed by atoms with Crippen LogP contribution in [-0.2, 0) is 0 Å². The molecule has 0 aromatic rings. The summed E-state index contributed by atoms with van der Waals surface area (Å²) >= 11 is 0. The van der Waals surface area contributed by atoms with Gasteiger partial charge in [-0.3, -0.25) is 0 Å². The molecule has 0 radical (unpaired) electrons. The maximum absolute atomic E-state index is 2.21. The van der Waals surface area contributed by atoms with E-state index in [0.717, 1.165) is 0 Å². The molecule has 14 heavy (non-hydrogen) atoms. The van der Waals surface area contributed by atoms with E-state index in [2.05, 4.69) is 13.8 Å². The molecule has 0 saturated heterocycles. The van der Waals surface area contributed by atoms with Gasteiger partial charge in [-0.05, 0) is 0 Å². The zero-order valence-corrected chi connectivity index (χ0v) is 4.12. The van der Waals surface area contributed by atoms with Crippen molar-refractivity contribution in [2.24, 2.45) is 0 Å². The zero-order chi connectivity index (χ0) is 4.12. The molecule has 0 rings (SSSR count). The van der Waals surface area contributed by atoms with Crippen LogP contribution < -0.4 is 0 Å². The highest BCUT2D eigenvalue weighted by atomic mass is 13.7. The highest BCUT2D eigenvalue weighted by molar-refractivity contribution is 4.24. The molecule has 0 saturated carbocycles. The number of hydrogen-bond donors (Lipinski definition) is 0. The maximum atomic E-state index is 2.21. The van der Waals surface area contributed by atoms with E-state index in [-0.39, 0.29) is 71.1 Å². The minimum Gasteiger partial charge on any atom is -0.0776 e. The van der Waals surface area contributed by atoms with Crippen LogP contribution in [-0.4, -0.2) is 0 Å². The predicted molar refractivity (Wildman–Crippen MR) is 92.1 cm³/mol. The zero-order valence-electron chi connectivity index (χ0n) is 4.12. The Hall–Kier alpha value is 0. The van der Waals surface area contributed by atoms with E-state index in [1.54, 1.807) is 0 Å². The van der Waals surface area contributed by atoms with Crippen molar-refractivity contribution >= 4 is 0 Å². The molecule has 0 unspecified atom stereocenters. The Morgan fingerprint density at radius 3 is 0.643 bits per heavy atom. The first-order valence-electron chi connectivity index (χ1n) is 2.41. The van der Waals surface area contributed by atoms with Crippen LogP contribution in [0.25, 0.3) is 0 Å². The third-order valence-electron chi connectivity index (χ3n) is 0.707. The lowest BCUT2D eigenvalue weighted by atomic mass is 10.3. The van der Waals surface area contributed by atoms with Crippen LogP contribution in [0.4, 0.5) is 0 Å². The fourth-order valence-corrected chi connectivity index (χ4v) is 0.354. The van der Waals surface area contributed by atoms with E-state index in [1.807, 2.05) is 0 Å². The second-order valence-corrected chi connectivity index (χ2v) is 1.35. The quantitative estimate of drug-likeness (QED) is 0.438. The van der Waals surface area contributed by atoms with Gasteiger partial charge in [-0.25, -0.2) is 0 Å². The van der Waals surface area contributed by atoms with E-state index in [4.69, 9.17) is 0 Å². The maximum Gasteiger partial charge on any atom is 0 e. The molecule has 0 aliphatic rings. The topological polar surface area (TPSA) is 0 Å². The molecule has 0 heterocycles. The molecular formula is C14H54. The van der Waals surface area contributed by atoms with E-state index in [0.29, 0.717) is 0 Å². The summed E-state index contributed by atoms with van der Waals surface area (Å²) in [5, 5.41) is 0. The van der Waals surface area contributed by atoms with Crippen LogP contribution >= 0.6 is 0 Å². The summed E-state index contributed by atoms with van der Waals surface area (Å²) in [6.07, 6.45) is 4.08. The molecule has 0 spiro atoms. The van der Waals surface area contributed by atoms with Crippen LogP contribution in [0, 0.1) is 0 Å². The standard InChI is InChI=1S/C5H12.9CH4.3H2/c1-3-5-4-2;;;;;;;;;;;;/h3-5H2,1-2H3;9*1H4;3*1H. The summed E-state index contributed by atoms with van der Waals surface area (Å²) in [5.41, 5.74) is 0. The van der Waals surface area contributed by atoms with Crippen LogP contribution in [0.2, 0.25) is 0 Å². The third kappa shape index (κ3) is 363. The minimum absolute atomic E-state index is 0. The van der Waals surface area contributed by atoms with Crippen molar-refractivity contribution in [3.05, 3.63) is 0 Å². The Labute approximate surface area is 105 Å². The van der Waals surface area contributed by atoms with Crippen molar-refractivity contribution in [1.82, 2.24) is 0 Å². The Bertz CT molecular complexity index is 18.9. The second kappa shape index (κ2) is 208. The summed E-state index contributed by atoms with van der Waals surface area (Å²) in [6.45, 7) is 4.42. The molecule has 0 fully saturated rings. The SMILES string of the molecule is C.C.C.C.C.C.C.C.C.CCCCC.[HH].[HH].[HH]. The van der Waals surface area contributed by atoms with E-state index >= 15 is 0 Å². The third-order valence-corrected chi connectivity index (χ3v) is 0.707.